The summed E-state index contributed by atoms with van der Waals surface area (Å²) in [7, 11) is 0. The van der Waals surface area contributed by atoms with Gasteiger partial charge in [0.05, 0.1) is 0 Å². The van der Waals surface area contributed by atoms with Crippen LogP contribution < -0.4 is 29.6 Å². The summed E-state index contributed by atoms with van der Waals surface area (Å²) < 4.78 is 0. The average Bonchev–Trinajstić information content (AvgIpc) is 0. The molecule has 0 N–H and O–H groups in total. The summed E-state index contributed by atoms with van der Waals surface area (Å²) in [5, 5.41) is 0. The van der Waals surface area contributed by atoms with Gasteiger partial charge in [-0.3, -0.25) is 0 Å². The standard InChI is InChI=1S/4CH4.2Al.Na.2H2.7H/h4*1H4;;;;2*1H;;;;;;;/q;;;;;;+1;;;;;;;;;-1. The maximum absolute atomic E-state index is 0. The van der Waals surface area contributed by atoms with Gasteiger partial charge in [0.25, 0.3) is 0 Å². The van der Waals surface area contributed by atoms with Gasteiger partial charge < -0.3 is 1.43 Å². The maximum Gasteiger partial charge on any atom is 1.00 e. The fourth-order valence-corrected chi connectivity index (χ4v) is 0. The van der Waals surface area contributed by atoms with Crippen LogP contribution in [0, 0.1) is 0 Å². The Morgan fingerprint density at radius 3 is 0.714 bits per heavy atom. The molecule has 0 aromatic rings. The summed E-state index contributed by atoms with van der Waals surface area (Å²) in [5.41, 5.74) is 0. The first kappa shape index (κ1) is 138. The third-order valence-corrected chi connectivity index (χ3v) is 0. The summed E-state index contributed by atoms with van der Waals surface area (Å²) in [5.74, 6) is 0. The van der Waals surface area contributed by atoms with Gasteiger partial charge in [0.1, 0.15) is 0 Å². The van der Waals surface area contributed by atoms with Crippen molar-refractivity contribution in [1.29, 1.82) is 0 Å². The molecule has 0 amide bonds. The fourth-order valence-electron chi connectivity index (χ4n) is 0. The molecule has 50 valence electrons. The van der Waals surface area contributed by atoms with Gasteiger partial charge in [-0.15, -0.1) is 0 Å². The molecule has 0 spiro atoms. The van der Waals surface area contributed by atoms with Crippen molar-refractivity contribution < 1.29 is 33.8 Å². The Labute approximate surface area is 97.5 Å². The molecule has 0 rings (SSSR count). The SMILES string of the molecule is C.C.C.C.[AlH3].[AlH3].[H-].[HH].[HH].[Na+]. The van der Waals surface area contributed by atoms with Crippen LogP contribution in [0.15, 0.2) is 0 Å². The van der Waals surface area contributed by atoms with Crippen LogP contribution >= 0.6 is 0 Å². The Morgan fingerprint density at radius 1 is 0.714 bits per heavy atom. The van der Waals surface area contributed by atoms with Gasteiger partial charge in [-0.1, -0.05) is 29.7 Å². The van der Waals surface area contributed by atoms with E-state index in [4.69, 9.17) is 0 Å². The summed E-state index contributed by atoms with van der Waals surface area (Å²) in [6.45, 7) is 0. The normalized spacial score (nSPS) is 0. The van der Waals surface area contributed by atoms with E-state index in [-0.39, 0.29) is 98.3 Å². The molecule has 0 bridgehead atoms. The Hall–Kier alpha value is 2.06. The number of rotatable bonds is 0. The van der Waals surface area contributed by atoms with E-state index in [1.807, 2.05) is 0 Å². The summed E-state index contributed by atoms with van der Waals surface area (Å²) in [4.78, 5) is 0. The van der Waals surface area contributed by atoms with E-state index in [2.05, 4.69) is 0 Å². The molecule has 0 aromatic carbocycles. The quantitative estimate of drug-likeness (QED) is 0.345. The monoisotopic (exact) mass is 152 g/mol. The minimum atomic E-state index is 0. The zero-order chi connectivity index (χ0) is 0. The Kier molecular flexibility index (Phi) is 1860. The van der Waals surface area contributed by atoms with E-state index in [1.165, 1.54) is 0 Å². The van der Waals surface area contributed by atoms with Crippen molar-refractivity contribution in [2.75, 3.05) is 0 Å². The van der Waals surface area contributed by atoms with Gasteiger partial charge in [-0.25, -0.2) is 0 Å². The second-order valence-electron chi connectivity index (χ2n) is 0. The largest absolute Gasteiger partial charge is 1.00 e. The van der Waals surface area contributed by atoms with Gasteiger partial charge in [-0.2, -0.15) is 0 Å². The van der Waals surface area contributed by atoms with Crippen molar-refractivity contribution in [2.24, 2.45) is 0 Å². The van der Waals surface area contributed by atoms with Crippen LogP contribution in [0.5, 0.6) is 0 Å². The molecule has 0 aliphatic rings. The average molecular weight is 152 g/mol. The van der Waals surface area contributed by atoms with Crippen molar-refractivity contribution in [3.8, 4) is 0 Å². The maximum atomic E-state index is 0. The number of hydrogen-bond donors (Lipinski definition) is 0. The van der Waals surface area contributed by atoms with Crippen molar-refractivity contribution in [3.05, 3.63) is 0 Å². The third kappa shape index (κ3) is 69.6. The Balaban J connectivity index is 0. The molecule has 0 saturated carbocycles. The van der Waals surface area contributed by atoms with Crippen LogP contribution in [0.3, 0.4) is 0 Å². The molecule has 7 heavy (non-hydrogen) atoms. The van der Waals surface area contributed by atoms with Crippen molar-refractivity contribution in [2.45, 2.75) is 29.7 Å². The van der Waals surface area contributed by atoms with Gasteiger partial charge in [0.2, 0.25) is 0 Å². The van der Waals surface area contributed by atoms with E-state index in [0.717, 1.165) is 0 Å². The van der Waals surface area contributed by atoms with Crippen molar-refractivity contribution >= 4 is 34.7 Å². The number of hydrogen-bond acceptors (Lipinski definition) is 0. The van der Waals surface area contributed by atoms with Crippen molar-refractivity contribution in [1.82, 2.24) is 0 Å². The summed E-state index contributed by atoms with van der Waals surface area (Å²) in [6.07, 6.45) is 0. The molecule has 0 aliphatic heterocycles. The van der Waals surface area contributed by atoms with E-state index < -0.39 is 0 Å². The minimum Gasteiger partial charge on any atom is -1.00 e. The van der Waals surface area contributed by atoms with E-state index >= 15 is 0 Å². The molecule has 0 fully saturated rings. The predicted octanol–water partition coefficient (Wildman–Crippen LogP) is -2.21. The molecule has 0 radical (unpaired) electrons. The summed E-state index contributed by atoms with van der Waals surface area (Å²) >= 11 is 0. The van der Waals surface area contributed by atoms with Crippen LogP contribution in [-0.4, -0.2) is 34.7 Å². The molecule has 0 heterocycles. The second-order valence-corrected chi connectivity index (χ2v) is 0. The van der Waals surface area contributed by atoms with E-state index in [9.17, 15) is 0 Å². The first-order valence-corrected chi connectivity index (χ1v) is 0. The topological polar surface area (TPSA) is 0 Å². The smallest absolute Gasteiger partial charge is 1.00 e. The molecule has 0 unspecified atom stereocenters. The Bertz CT molecular complexity index is 18.5. The predicted molar refractivity (Wildman–Crippen MR) is 52.1 cm³/mol. The van der Waals surface area contributed by atoms with Crippen LogP contribution in [0.1, 0.15) is 34.0 Å². The first-order valence-electron chi connectivity index (χ1n) is 0. The van der Waals surface area contributed by atoms with E-state index in [1.54, 1.807) is 0 Å². The van der Waals surface area contributed by atoms with Gasteiger partial charge in [-0.05, 0) is 0 Å². The third-order valence-electron chi connectivity index (χ3n) is 0. The molecular weight excluding hydrogens is 125 g/mol. The first-order chi connectivity index (χ1) is 0. The zero-order valence-corrected chi connectivity index (χ0v) is 3.00. The molecule has 0 atom stereocenters. The van der Waals surface area contributed by atoms with Gasteiger partial charge in [0.15, 0.2) is 34.7 Å². The van der Waals surface area contributed by atoms with Gasteiger partial charge in [0, 0.05) is 2.85 Å². The molecule has 0 nitrogen and oxygen atoms in total. The van der Waals surface area contributed by atoms with Crippen LogP contribution in [0.25, 0.3) is 0 Å². The second kappa shape index (κ2) is 94.4. The molecule has 0 aliphatic carbocycles. The molecule has 0 saturated heterocycles. The molecule has 0 aromatic heterocycles. The van der Waals surface area contributed by atoms with Crippen LogP contribution in [0.2, 0.25) is 0 Å². The van der Waals surface area contributed by atoms with Crippen LogP contribution in [0.4, 0.5) is 0 Å². The fraction of sp³-hybridized carbons (Fsp3) is 1.00. The molecular formula is C4H27Al2Na. The zero-order valence-electron chi connectivity index (χ0n) is 2.00. The van der Waals surface area contributed by atoms with E-state index in [0.29, 0.717) is 0 Å². The van der Waals surface area contributed by atoms with Crippen LogP contribution in [-0.2, 0) is 0 Å². The van der Waals surface area contributed by atoms with Gasteiger partial charge >= 0.3 is 29.6 Å². The minimum absolute atomic E-state index is 0. The molecule has 3 heteroatoms. The van der Waals surface area contributed by atoms with Crippen molar-refractivity contribution in [3.63, 3.8) is 0 Å². The Morgan fingerprint density at radius 2 is 0.714 bits per heavy atom. The summed E-state index contributed by atoms with van der Waals surface area (Å²) in [6, 6.07) is 0.